The normalized spacial score (nSPS) is 25.5. The Labute approximate surface area is 147 Å². The standard InChI is InChI=1S/C22H32O2/c1-2-3-4-5-18-6-11-20(12-7-18)21-13-8-19(9-14-21)10-15-22-23-16-17-24-22/h8-10,13-15,18,20,22H,2-7,11-12,16-17H2,1H3/b15-10+. The number of unbranched alkanes of at least 4 members (excludes halogenated alkanes) is 2. The van der Waals surface area contributed by atoms with Crippen molar-refractivity contribution in [2.45, 2.75) is 70.5 Å². The van der Waals surface area contributed by atoms with Crippen LogP contribution >= 0.6 is 0 Å². The van der Waals surface area contributed by atoms with Gasteiger partial charge in [0.1, 0.15) is 0 Å². The van der Waals surface area contributed by atoms with Crippen LogP contribution in [0.1, 0.15) is 75.3 Å². The van der Waals surface area contributed by atoms with Gasteiger partial charge in [-0.2, -0.15) is 0 Å². The molecule has 0 amide bonds. The van der Waals surface area contributed by atoms with Crippen molar-refractivity contribution in [3.63, 3.8) is 0 Å². The molecule has 0 unspecified atom stereocenters. The van der Waals surface area contributed by atoms with Crippen LogP contribution in [-0.2, 0) is 9.47 Å². The second-order valence-electron chi connectivity index (χ2n) is 7.35. The Morgan fingerprint density at radius 3 is 2.33 bits per heavy atom. The fraction of sp³-hybridized carbons (Fsp3) is 0.636. The first-order valence-electron chi connectivity index (χ1n) is 9.86. The summed E-state index contributed by atoms with van der Waals surface area (Å²) >= 11 is 0. The molecule has 0 atom stereocenters. The molecule has 0 aromatic heterocycles. The Balaban J connectivity index is 1.46. The molecular formula is C22H32O2. The molecule has 0 N–H and O–H groups in total. The van der Waals surface area contributed by atoms with E-state index in [-0.39, 0.29) is 6.29 Å². The van der Waals surface area contributed by atoms with Gasteiger partial charge >= 0.3 is 0 Å². The van der Waals surface area contributed by atoms with Gasteiger partial charge in [-0.15, -0.1) is 0 Å². The zero-order chi connectivity index (χ0) is 16.6. The van der Waals surface area contributed by atoms with Crippen LogP contribution in [0.3, 0.4) is 0 Å². The van der Waals surface area contributed by atoms with Gasteiger partial charge in [0.05, 0.1) is 13.2 Å². The van der Waals surface area contributed by atoms with Crippen molar-refractivity contribution in [2.75, 3.05) is 13.2 Å². The minimum absolute atomic E-state index is 0.160. The molecule has 1 saturated heterocycles. The van der Waals surface area contributed by atoms with Crippen LogP contribution in [0.15, 0.2) is 30.3 Å². The van der Waals surface area contributed by atoms with E-state index in [0.717, 1.165) is 11.8 Å². The average Bonchev–Trinajstić information content (AvgIpc) is 3.15. The summed E-state index contributed by atoms with van der Waals surface area (Å²) in [6.07, 6.45) is 15.2. The lowest BCUT2D eigenvalue weighted by atomic mass is 9.77. The van der Waals surface area contributed by atoms with Crippen molar-refractivity contribution in [3.8, 4) is 0 Å². The third kappa shape index (κ3) is 5.19. The van der Waals surface area contributed by atoms with E-state index in [9.17, 15) is 0 Å². The molecule has 1 saturated carbocycles. The molecule has 2 fully saturated rings. The van der Waals surface area contributed by atoms with Crippen LogP contribution in [0.25, 0.3) is 6.08 Å². The van der Waals surface area contributed by atoms with Crippen molar-refractivity contribution in [1.29, 1.82) is 0 Å². The van der Waals surface area contributed by atoms with Gasteiger partial charge in [0, 0.05) is 0 Å². The van der Waals surface area contributed by atoms with Gasteiger partial charge in [-0.1, -0.05) is 62.9 Å². The molecule has 1 aliphatic carbocycles. The van der Waals surface area contributed by atoms with Crippen LogP contribution in [0.2, 0.25) is 0 Å². The lowest BCUT2D eigenvalue weighted by Crippen LogP contribution is -2.13. The number of benzene rings is 1. The summed E-state index contributed by atoms with van der Waals surface area (Å²) in [6.45, 7) is 3.70. The van der Waals surface area contributed by atoms with Gasteiger partial charge in [-0.05, 0) is 54.7 Å². The molecular weight excluding hydrogens is 296 g/mol. The summed E-state index contributed by atoms with van der Waals surface area (Å²) < 4.78 is 10.9. The van der Waals surface area contributed by atoms with Gasteiger partial charge in [0.2, 0.25) is 0 Å². The summed E-state index contributed by atoms with van der Waals surface area (Å²) in [5.74, 6) is 1.76. The summed E-state index contributed by atoms with van der Waals surface area (Å²) in [5.41, 5.74) is 2.75. The lowest BCUT2D eigenvalue weighted by molar-refractivity contribution is -0.000908. The fourth-order valence-corrected chi connectivity index (χ4v) is 4.02. The van der Waals surface area contributed by atoms with Gasteiger partial charge in [-0.3, -0.25) is 0 Å². The average molecular weight is 328 g/mol. The van der Waals surface area contributed by atoms with E-state index in [1.807, 2.05) is 6.08 Å². The van der Waals surface area contributed by atoms with E-state index in [0.29, 0.717) is 13.2 Å². The molecule has 0 bridgehead atoms. The molecule has 24 heavy (non-hydrogen) atoms. The van der Waals surface area contributed by atoms with E-state index >= 15 is 0 Å². The van der Waals surface area contributed by atoms with Crippen LogP contribution in [0, 0.1) is 5.92 Å². The summed E-state index contributed by atoms with van der Waals surface area (Å²) in [5, 5.41) is 0. The Hall–Kier alpha value is -1.12. The van der Waals surface area contributed by atoms with Gasteiger partial charge in [0.15, 0.2) is 6.29 Å². The molecule has 1 aromatic carbocycles. The zero-order valence-electron chi connectivity index (χ0n) is 15.1. The monoisotopic (exact) mass is 328 g/mol. The third-order valence-electron chi connectivity index (χ3n) is 5.56. The maximum atomic E-state index is 5.43. The maximum Gasteiger partial charge on any atom is 0.177 e. The van der Waals surface area contributed by atoms with Gasteiger partial charge in [-0.25, -0.2) is 0 Å². The van der Waals surface area contributed by atoms with Crippen molar-refractivity contribution < 1.29 is 9.47 Å². The highest BCUT2D eigenvalue weighted by Gasteiger charge is 2.21. The molecule has 0 radical (unpaired) electrons. The lowest BCUT2D eigenvalue weighted by Gasteiger charge is -2.29. The minimum Gasteiger partial charge on any atom is -0.347 e. The largest absolute Gasteiger partial charge is 0.347 e. The zero-order valence-corrected chi connectivity index (χ0v) is 15.1. The van der Waals surface area contributed by atoms with Crippen LogP contribution < -0.4 is 0 Å². The number of rotatable bonds is 7. The highest BCUT2D eigenvalue weighted by atomic mass is 16.7. The maximum absolute atomic E-state index is 5.43. The van der Waals surface area contributed by atoms with Crippen LogP contribution in [0.4, 0.5) is 0 Å². The smallest absolute Gasteiger partial charge is 0.177 e. The molecule has 2 aliphatic rings. The first-order chi connectivity index (χ1) is 11.8. The van der Waals surface area contributed by atoms with E-state index in [1.165, 1.54) is 62.5 Å². The second-order valence-corrected chi connectivity index (χ2v) is 7.35. The predicted molar refractivity (Wildman–Crippen MR) is 100 cm³/mol. The number of ether oxygens (including phenoxy) is 2. The topological polar surface area (TPSA) is 18.5 Å². The predicted octanol–water partition coefficient (Wildman–Crippen LogP) is 5.93. The third-order valence-corrected chi connectivity index (χ3v) is 5.56. The van der Waals surface area contributed by atoms with Crippen LogP contribution in [0.5, 0.6) is 0 Å². The van der Waals surface area contributed by atoms with Crippen molar-refractivity contribution in [3.05, 3.63) is 41.5 Å². The molecule has 0 spiro atoms. The SMILES string of the molecule is CCCCCC1CCC(c2ccc(/C=C/C3OCCO3)cc2)CC1. The quantitative estimate of drug-likeness (QED) is 0.578. The number of hydrogen-bond donors (Lipinski definition) is 0. The van der Waals surface area contributed by atoms with Gasteiger partial charge < -0.3 is 9.47 Å². The summed E-state index contributed by atoms with van der Waals surface area (Å²) in [6, 6.07) is 9.10. The van der Waals surface area contributed by atoms with Crippen molar-refractivity contribution in [2.24, 2.45) is 5.92 Å². The summed E-state index contributed by atoms with van der Waals surface area (Å²) in [4.78, 5) is 0. The highest BCUT2D eigenvalue weighted by Crippen LogP contribution is 2.37. The summed E-state index contributed by atoms with van der Waals surface area (Å²) in [7, 11) is 0. The van der Waals surface area contributed by atoms with E-state index in [4.69, 9.17) is 9.47 Å². The molecule has 3 rings (SSSR count). The van der Waals surface area contributed by atoms with Crippen LogP contribution in [-0.4, -0.2) is 19.5 Å². The fourth-order valence-electron chi connectivity index (χ4n) is 4.02. The van der Waals surface area contributed by atoms with E-state index in [2.05, 4.69) is 37.3 Å². The molecule has 1 heterocycles. The highest BCUT2D eigenvalue weighted by molar-refractivity contribution is 5.50. The molecule has 1 aliphatic heterocycles. The first kappa shape index (κ1) is 17.7. The molecule has 1 aromatic rings. The molecule has 2 heteroatoms. The number of hydrogen-bond acceptors (Lipinski definition) is 2. The Bertz CT molecular complexity index is 491. The molecule has 132 valence electrons. The minimum atomic E-state index is -0.160. The van der Waals surface area contributed by atoms with Gasteiger partial charge in [0.25, 0.3) is 0 Å². The Morgan fingerprint density at radius 2 is 1.67 bits per heavy atom. The van der Waals surface area contributed by atoms with Crippen molar-refractivity contribution >= 4 is 6.08 Å². The Morgan fingerprint density at radius 1 is 0.958 bits per heavy atom. The van der Waals surface area contributed by atoms with E-state index in [1.54, 1.807) is 0 Å². The second kappa shape index (κ2) is 9.39. The van der Waals surface area contributed by atoms with Crippen molar-refractivity contribution in [1.82, 2.24) is 0 Å². The Kier molecular flexibility index (Phi) is 6.92. The first-order valence-corrected chi connectivity index (χ1v) is 9.86. The van der Waals surface area contributed by atoms with E-state index < -0.39 is 0 Å². The molecule has 2 nitrogen and oxygen atoms in total.